The van der Waals surface area contributed by atoms with Crippen LogP contribution in [0.25, 0.3) is 0 Å². The second kappa shape index (κ2) is 3.35. The van der Waals surface area contributed by atoms with Crippen LogP contribution in [0.5, 0.6) is 0 Å². The Labute approximate surface area is 75.7 Å². The summed E-state index contributed by atoms with van der Waals surface area (Å²) in [5.41, 5.74) is 0.0249. The van der Waals surface area contributed by atoms with E-state index in [1.807, 2.05) is 0 Å². The molecule has 0 radical (unpaired) electrons. The molecule has 0 saturated carbocycles. The Kier molecular flexibility index (Phi) is 2.62. The van der Waals surface area contributed by atoms with E-state index in [1.54, 1.807) is 6.07 Å². The van der Waals surface area contributed by atoms with Crippen molar-refractivity contribution in [1.82, 2.24) is 0 Å². The summed E-state index contributed by atoms with van der Waals surface area (Å²) in [4.78, 5) is 0. The average molecular weight is 240 g/mol. The van der Waals surface area contributed by atoms with E-state index < -0.39 is 6.30 Å². The molecule has 1 rings (SSSR count). The maximum absolute atomic E-state index is 11.7. The van der Waals surface area contributed by atoms with E-state index in [2.05, 4.69) is 15.9 Å². The van der Waals surface area contributed by atoms with Crippen molar-refractivity contribution >= 4 is 21.6 Å². The summed E-state index contributed by atoms with van der Waals surface area (Å²) in [7, 11) is 0. The summed E-state index contributed by atoms with van der Waals surface area (Å²) in [5.74, 6) is 0. The van der Waals surface area contributed by atoms with Gasteiger partial charge in [0.05, 0.1) is 0 Å². The topological polar surface area (TPSA) is 12.0 Å². The fourth-order valence-electron chi connectivity index (χ4n) is 0.730. The number of nitrogens with one attached hydrogen (secondary N) is 1. The summed E-state index contributed by atoms with van der Waals surface area (Å²) in [6.07, 6.45) is -4.37. The summed E-state index contributed by atoms with van der Waals surface area (Å²) in [6.45, 7) is 0. The van der Waals surface area contributed by atoms with Crippen molar-refractivity contribution in [2.75, 3.05) is 5.32 Å². The Bertz CT molecular complexity index is 272. The molecule has 0 atom stereocenters. The SMILES string of the molecule is FC(F)(F)Nc1cccc(Br)c1. The third-order valence-electron chi connectivity index (χ3n) is 1.11. The molecule has 0 aliphatic carbocycles. The number of rotatable bonds is 1. The Morgan fingerprint density at radius 3 is 2.42 bits per heavy atom. The molecule has 0 amide bonds. The Hall–Kier alpha value is -0.710. The highest BCUT2D eigenvalue weighted by atomic mass is 79.9. The van der Waals surface area contributed by atoms with Crippen molar-refractivity contribution in [3.63, 3.8) is 0 Å². The molecule has 1 nitrogen and oxygen atoms in total. The molecule has 0 unspecified atom stereocenters. The van der Waals surface area contributed by atoms with Gasteiger partial charge in [0.25, 0.3) is 0 Å². The molecule has 1 aromatic carbocycles. The highest BCUT2D eigenvalue weighted by Gasteiger charge is 2.26. The lowest BCUT2D eigenvalue weighted by Gasteiger charge is -2.09. The van der Waals surface area contributed by atoms with E-state index >= 15 is 0 Å². The summed E-state index contributed by atoms with van der Waals surface area (Å²) < 4.78 is 35.8. The van der Waals surface area contributed by atoms with Gasteiger partial charge in [-0.3, -0.25) is 5.32 Å². The molecule has 0 aliphatic heterocycles. The lowest BCUT2D eigenvalue weighted by molar-refractivity contribution is -0.0999. The van der Waals surface area contributed by atoms with Gasteiger partial charge in [-0.05, 0) is 18.2 Å². The lowest BCUT2D eigenvalue weighted by atomic mass is 10.3. The number of hydrogen-bond donors (Lipinski definition) is 1. The minimum atomic E-state index is -4.37. The number of hydrogen-bond acceptors (Lipinski definition) is 1. The minimum Gasteiger partial charge on any atom is -0.297 e. The molecule has 0 aliphatic rings. The van der Waals surface area contributed by atoms with Crippen molar-refractivity contribution < 1.29 is 13.2 Å². The van der Waals surface area contributed by atoms with Gasteiger partial charge in [-0.1, -0.05) is 22.0 Å². The predicted octanol–water partition coefficient (Wildman–Crippen LogP) is 3.38. The molecule has 0 saturated heterocycles. The van der Waals surface area contributed by atoms with Crippen molar-refractivity contribution in [3.8, 4) is 0 Å². The number of benzene rings is 1. The van der Waals surface area contributed by atoms with E-state index in [1.165, 1.54) is 23.5 Å². The van der Waals surface area contributed by atoms with Crippen LogP contribution in [-0.2, 0) is 0 Å². The molecule has 1 N–H and O–H groups in total. The zero-order valence-corrected chi connectivity index (χ0v) is 7.41. The first kappa shape index (κ1) is 9.38. The van der Waals surface area contributed by atoms with Crippen LogP contribution >= 0.6 is 15.9 Å². The molecular formula is C7H5BrF3N. The molecule has 12 heavy (non-hydrogen) atoms. The van der Waals surface area contributed by atoms with E-state index in [9.17, 15) is 13.2 Å². The fraction of sp³-hybridized carbons (Fsp3) is 0.143. The average Bonchev–Trinajstić information content (AvgIpc) is 1.82. The highest BCUT2D eigenvalue weighted by Crippen LogP contribution is 2.22. The van der Waals surface area contributed by atoms with E-state index in [4.69, 9.17) is 0 Å². The lowest BCUT2D eigenvalue weighted by Crippen LogP contribution is -2.20. The maximum Gasteiger partial charge on any atom is 0.482 e. The van der Waals surface area contributed by atoms with Gasteiger partial charge in [0.1, 0.15) is 0 Å². The first-order valence-electron chi connectivity index (χ1n) is 3.08. The van der Waals surface area contributed by atoms with Crippen LogP contribution in [-0.4, -0.2) is 6.30 Å². The molecule has 5 heteroatoms. The van der Waals surface area contributed by atoms with Gasteiger partial charge in [0.15, 0.2) is 0 Å². The smallest absolute Gasteiger partial charge is 0.297 e. The standard InChI is InChI=1S/C7H5BrF3N/c8-5-2-1-3-6(4-5)12-7(9,10)11/h1-4,12H. The van der Waals surface area contributed by atoms with Crippen molar-refractivity contribution in [2.45, 2.75) is 6.30 Å². The van der Waals surface area contributed by atoms with Gasteiger partial charge in [0.2, 0.25) is 0 Å². The first-order chi connectivity index (χ1) is 5.47. The minimum absolute atomic E-state index is 0.0249. The van der Waals surface area contributed by atoms with E-state index in [0.717, 1.165) is 0 Å². The van der Waals surface area contributed by atoms with Gasteiger partial charge in [-0.25, -0.2) is 0 Å². The van der Waals surface area contributed by atoms with Crippen LogP contribution < -0.4 is 5.32 Å². The normalized spacial score (nSPS) is 11.3. The van der Waals surface area contributed by atoms with Crippen molar-refractivity contribution in [1.29, 1.82) is 0 Å². The fourth-order valence-corrected chi connectivity index (χ4v) is 1.13. The van der Waals surface area contributed by atoms with E-state index in [-0.39, 0.29) is 5.69 Å². The Morgan fingerprint density at radius 1 is 1.25 bits per heavy atom. The van der Waals surface area contributed by atoms with Crippen LogP contribution in [0.4, 0.5) is 18.9 Å². The number of halogens is 4. The van der Waals surface area contributed by atoms with Gasteiger partial charge in [-0.2, -0.15) is 13.2 Å². The molecule has 0 aromatic heterocycles. The quantitative estimate of drug-likeness (QED) is 0.742. The van der Waals surface area contributed by atoms with Crippen LogP contribution in [0.2, 0.25) is 0 Å². The van der Waals surface area contributed by atoms with Crippen LogP contribution in [0.3, 0.4) is 0 Å². The summed E-state index contributed by atoms with van der Waals surface area (Å²) in [5, 5.41) is 1.39. The number of alkyl halides is 3. The molecular weight excluding hydrogens is 235 g/mol. The third kappa shape index (κ3) is 3.13. The maximum atomic E-state index is 11.7. The summed E-state index contributed by atoms with van der Waals surface area (Å²) >= 11 is 3.06. The van der Waals surface area contributed by atoms with Gasteiger partial charge in [-0.15, -0.1) is 0 Å². The molecule has 0 spiro atoms. The highest BCUT2D eigenvalue weighted by molar-refractivity contribution is 9.10. The van der Waals surface area contributed by atoms with Gasteiger partial charge in [0, 0.05) is 10.2 Å². The monoisotopic (exact) mass is 239 g/mol. The molecule has 0 fully saturated rings. The largest absolute Gasteiger partial charge is 0.482 e. The van der Waals surface area contributed by atoms with Crippen molar-refractivity contribution in [2.24, 2.45) is 0 Å². The molecule has 66 valence electrons. The Morgan fingerprint density at radius 2 is 1.92 bits per heavy atom. The van der Waals surface area contributed by atoms with Gasteiger partial charge < -0.3 is 0 Å². The van der Waals surface area contributed by atoms with Gasteiger partial charge >= 0.3 is 6.30 Å². The zero-order chi connectivity index (χ0) is 9.19. The van der Waals surface area contributed by atoms with Crippen molar-refractivity contribution in [3.05, 3.63) is 28.7 Å². The van der Waals surface area contributed by atoms with E-state index in [0.29, 0.717) is 4.47 Å². The first-order valence-corrected chi connectivity index (χ1v) is 3.87. The molecule has 0 bridgehead atoms. The van der Waals surface area contributed by atoms with Crippen LogP contribution in [0.1, 0.15) is 0 Å². The second-order valence-corrected chi connectivity index (χ2v) is 3.05. The Balaban J connectivity index is 2.77. The van der Waals surface area contributed by atoms with Crippen LogP contribution in [0, 0.1) is 0 Å². The van der Waals surface area contributed by atoms with Crippen LogP contribution in [0.15, 0.2) is 28.7 Å². The molecule has 1 aromatic rings. The summed E-state index contributed by atoms with van der Waals surface area (Å²) in [6, 6.07) is 5.88. The second-order valence-electron chi connectivity index (χ2n) is 2.13. The third-order valence-corrected chi connectivity index (χ3v) is 1.60. The zero-order valence-electron chi connectivity index (χ0n) is 5.82. The molecule has 0 heterocycles. The predicted molar refractivity (Wildman–Crippen MR) is 43.8 cm³/mol. The number of anilines is 1.